The molecule has 0 saturated carbocycles. The van der Waals surface area contributed by atoms with Gasteiger partial charge in [0, 0.05) is 25.6 Å². The third-order valence-corrected chi connectivity index (χ3v) is 3.28. The number of ether oxygens (including phenoxy) is 1. The van der Waals surface area contributed by atoms with Crippen molar-refractivity contribution in [2.75, 3.05) is 19.7 Å². The second kappa shape index (κ2) is 11.3. The van der Waals surface area contributed by atoms with Crippen LogP contribution in [0, 0.1) is 0 Å². The number of aliphatic imine (C=N–C) groups is 1. The van der Waals surface area contributed by atoms with Crippen molar-refractivity contribution < 1.29 is 4.74 Å². The predicted molar refractivity (Wildman–Crippen MR) is 103 cm³/mol. The molecule has 2 rings (SSSR count). The minimum absolute atomic E-state index is 0. The van der Waals surface area contributed by atoms with E-state index in [1.807, 2.05) is 30.3 Å². The normalized spacial score (nSPS) is 14.5. The Morgan fingerprint density at radius 3 is 2.64 bits per heavy atom. The lowest BCUT2D eigenvalue weighted by molar-refractivity contribution is 0.313. The molecule has 0 aromatic heterocycles. The van der Waals surface area contributed by atoms with E-state index >= 15 is 0 Å². The zero-order chi connectivity index (χ0) is 14.8. The number of hydrogen-bond acceptors (Lipinski definition) is 2. The molecule has 1 aliphatic rings. The molecule has 0 bridgehead atoms. The Balaban J connectivity index is 0.00000242. The second-order valence-electron chi connectivity index (χ2n) is 5.06. The maximum absolute atomic E-state index is 5.66. The fourth-order valence-corrected chi connectivity index (χ4v) is 2.21. The summed E-state index contributed by atoms with van der Waals surface area (Å²) in [7, 11) is 0. The van der Waals surface area contributed by atoms with Gasteiger partial charge in [0.05, 0.1) is 6.61 Å². The summed E-state index contributed by atoms with van der Waals surface area (Å²) in [6, 6.07) is 10.4. The first-order valence-electron chi connectivity index (χ1n) is 7.76. The van der Waals surface area contributed by atoms with Crippen LogP contribution in [-0.4, -0.2) is 31.7 Å². The van der Waals surface area contributed by atoms with Gasteiger partial charge in [0.2, 0.25) is 0 Å². The lowest BCUT2D eigenvalue weighted by atomic mass is 10.2. The standard InChI is InChI=1S/C17H25N3O.HI/c1-2-18-17(20-15-9-6-7-10-15)19-13-8-14-21-16-11-4-3-5-12-16;/h3-7,11-12,15H,2,8-10,13-14H2,1H3,(H2,18,19,20);1H. The summed E-state index contributed by atoms with van der Waals surface area (Å²) in [4.78, 5) is 4.59. The molecule has 5 heteroatoms. The van der Waals surface area contributed by atoms with Crippen LogP contribution in [0.15, 0.2) is 47.5 Å². The summed E-state index contributed by atoms with van der Waals surface area (Å²) in [5, 5.41) is 6.75. The van der Waals surface area contributed by atoms with Crippen molar-refractivity contribution in [1.29, 1.82) is 0 Å². The van der Waals surface area contributed by atoms with Crippen LogP contribution >= 0.6 is 24.0 Å². The highest BCUT2D eigenvalue weighted by Crippen LogP contribution is 2.09. The minimum atomic E-state index is 0. The number of benzene rings is 1. The molecular weight excluding hydrogens is 389 g/mol. The van der Waals surface area contributed by atoms with Crippen LogP contribution in [0.1, 0.15) is 26.2 Å². The molecule has 0 atom stereocenters. The molecule has 0 saturated heterocycles. The summed E-state index contributed by atoms with van der Waals surface area (Å²) >= 11 is 0. The van der Waals surface area contributed by atoms with Gasteiger partial charge in [0.25, 0.3) is 0 Å². The average molecular weight is 415 g/mol. The third-order valence-electron chi connectivity index (χ3n) is 3.28. The molecule has 122 valence electrons. The van der Waals surface area contributed by atoms with Gasteiger partial charge in [0.15, 0.2) is 5.96 Å². The van der Waals surface area contributed by atoms with Crippen LogP contribution < -0.4 is 15.4 Å². The summed E-state index contributed by atoms with van der Waals surface area (Å²) in [6.45, 7) is 4.43. The van der Waals surface area contributed by atoms with E-state index in [0.717, 1.165) is 44.1 Å². The van der Waals surface area contributed by atoms with Crippen molar-refractivity contribution in [3.63, 3.8) is 0 Å². The fourth-order valence-electron chi connectivity index (χ4n) is 2.21. The van der Waals surface area contributed by atoms with Gasteiger partial charge in [-0.3, -0.25) is 4.99 Å². The highest BCUT2D eigenvalue weighted by atomic mass is 127. The summed E-state index contributed by atoms with van der Waals surface area (Å²) < 4.78 is 5.66. The van der Waals surface area contributed by atoms with E-state index in [1.54, 1.807) is 0 Å². The summed E-state index contributed by atoms with van der Waals surface area (Å²) in [6.07, 6.45) is 7.52. The summed E-state index contributed by atoms with van der Waals surface area (Å²) in [5.74, 6) is 1.83. The first-order valence-corrected chi connectivity index (χ1v) is 7.76. The van der Waals surface area contributed by atoms with Gasteiger partial charge < -0.3 is 15.4 Å². The zero-order valence-electron chi connectivity index (χ0n) is 13.1. The molecule has 1 aromatic rings. The number of nitrogens with one attached hydrogen (secondary N) is 2. The first kappa shape index (κ1) is 18.8. The van der Waals surface area contributed by atoms with Crippen LogP contribution in [0.3, 0.4) is 0 Å². The van der Waals surface area contributed by atoms with Gasteiger partial charge in [-0.15, -0.1) is 24.0 Å². The molecule has 0 aliphatic heterocycles. The Labute approximate surface area is 150 Å². The van der Waals surface area contributed by atoms with Crippen molar-refractivity contribution in [2.24, 2.45) is 4.99 Å². The van der Waals surface area contributed by atoms with Gasteiger partial charge >= 0.3 is 0 Å². The molecule has 0 heterocycles. The Bertz CT molecular complexity index is 454. The molecule has 2 N–H and O–H groups in total. The Hall–Kier alpha value is -1.24. The van der Waals surface area contributed by atoms with E-state index in [1.165, 1.54) is 0 Å². The van der Waals surface area contributed by atoms with E-state index < -0.39 is 0 Å². The first-order chi connectivity index (χ1) is 10.4. The van der Waals surface area contributed by atoms with E-state index in [4.69, 9.17) is 4.74 Å². The second-order valence-corrected chi connectivity index (χ2v) is 5.06. The smallest absolute Gasteiger partial charge is 0.191 e. The molecular formula is C17H26IN3O. The molecule has 1 aromatic carbocycles. The maximum atomic E-state index is 5.66. The number of para-hydroxylation sites is 1. The molecule has 4 nitrogen and oxygen atoms in total. The lowest BCUT2D eigenvalue weighted by Crippen LogP contribution is -2.42. The quantitative estimate of drug-likeness (QED) is 0.236. The highest BCUT2D eigenvalue weighted by Gasteiger charge is 2.11. The highest BCUT2D eigenvalue weighted by molar-refractivity contribution is 14.0. The van der Waals surface area contributed by atoms with E-state index in [2.05, 4.69) is 34.7 Å². The van der Waals surface area contributed by atoms with Gasteiger partial charge in [-0.05, 0) is 31.9 Å². The van der Waals surface area contributed by atoms with Gasteiger partial charge in [0.1, 0.15) is 5.75 Å². The largest absolute Gasteiger partial charge is 0.494 e. The van der Waals surface area contributed by atoms with Gasteiger partial charge in [-0.2, -0.15) is 0 Å². The maximum Gasteiger partial charge on any atom is 0.191 e. The monoisotopic (exact) mass is 415 g/mol. The van der Waals surface area contributed by atoms with Gasteiger partial charge in [-0.1, -0.05) is 30.4 Å². The van der Waals surface area contributed by atoms with Crippen LogP contribution in [0.5, 0.6) is 5.75 Å². The number of nitrogens with zero attached hydrogens (tertiary/aromatic N) is 1. The number of guanidine groups is 1. The fraction of sp³-hybridized carbons (Fsp3) is 0.471. The molecule has 0 spiro atoms. The van der Waals surface area contributed by atoms with E-state index in [-0.39, 0.29) is 24.0 Å². The predicted octanol–water partition coefficient (Wildman–Crippen LogP) is 3.35. The zero-order valence-corrected chi connectivity index (χ0v) is 15.5. The van der Waals surface area contributed by atoms with Crippen LogP contribution in [0.25, 0.3) is 0 Å². The molecule has 22 heavy (non-hydrogen) atoms. The number of rotatable bonds is 7. The van der Waals surface area contributed by atoms with Crippen molar-refractivity contribution in [2.45, 2.75) is 32.2 Å². The number of halogens is 1. The van der Waals surface area contributed by atoms with Crippen LogP contribution in [-0.2, 0) is 0 Å². The summed E-state index contributed by atoms with van der Waals surface area (Å²) in [5.41, 5.74) is 0. The average Bonchev–Trinajstić information content (AvgIpc) is 3.01. The Kier molecular flexibility index (Phi) is 9.70. The SMILES string of the molecule is CCNC(=NCCCOc1ccccc1)NC1CC=CC1.I. The van der Waals surface area contributed by atoms with Gasteiger partial charge in [-0.25, -0.2) is 0 Å². The third kappa shape index (κ3) is 7.15. The molecule has 1 aliphatic carbocycles. The molecule has 0 amide bonds. The Morgan fingerprint density at radius 2 is 1.95 bits per heavy atom. The van der Waals surface area contributed by atoms with E-state index in [9.17, 15) is 0 Å². The Morgan fingerprint density at radius 1 is 1.23 bits per heavy atom. The lowest BCUT2D eigenvalue weighted by Gasteiger charge is -2.16. The van der Waals surface area contributed by atoms with Crippen molar-refractivity contribution in [3.8, 4) is 5.75 Å². The molecule has 0 unspecified atom stereocenters. The number of hydrogen-bond donors (Lipinski definition) is 2. The van der Waals surface area contributed by atoms with Crippen molar-refractivity contribution >= 4 is 29.9 Å². The minimum Gasteiger partial charge on any atom is -0.494 e. The molecule has 0 radical (unpaired) electrons. The van der Waals surface area contributed by atoms with Crippen LogP contribution in [0.2, 0.25) is 0 Å². The van der Waals surface area contributed by atoms with Crippen molar-refractivity contribution in [3.05, 3.63) is 42.5 Å². The topological polar surface area (TPSA) is 45.7 Å². The van der Waals surface area contributed by atoms with Crippen molar-refractivity contribution in [1.82, 2.24) is 10.6 Å². The van der Waals surface area contributed by atoms with E-state index in [0.29, 0.717) is 12.6 Å². The van der Waals surface area contributed by atoms with Crippen LogP contribution in [0.4, 0.5) is 0 Å². The molecule has 0 fully saturated rings.